The number of halogens is 3. The van der Waals surface area contributed by atoms with Crippen molar-refractivity contribution in [2.75, 3.05) is 26.2 Å². The summed E-state index contributed by atoms with van der Waals surface area (Å²) < 4.78 is 2.00. The van der Waals surface area contributed by atoms with Gasteiger partial charge in [-0.15, -0.1) is 0 Å². The maximum absolute atomic E-state index is 13.1. The summed E-state index contributed by atoms with van der Waals surface area (Å²) in [5, 5.41) is 0.745. The van der Waals surface area contributed by atoms with E-state index in [-0.39, 0.29) is 17.9 Å². The molecule has 2 aliphatic heterocycles. The van der Waals surface area contributed by atoms with E-state index in [1.165, 1.54) is 16.7 Å². The third kappa shape index (κ3) is 6.39. The van der Waals surface area contributed by atoms with Crippen molar-refractivity contribution >= 4 is 55.4 Å². The van der Waals surface area contributed by atoms with Crippen LogP contribution >= 0.6 is 43.5 Å². The molecule has 38 heavy (non-hydrogen) atoms. The fraction of sp³-hybridized carbons (Fsp3) is 0.552. The Labute approximate surface area is 247 Å². The average molecular weight is 669 g/mol. The minimum atomic E-state index is -0.361. The molecule has 1 aromatic heterocycles. The molecule has 1 atom stereocenters. The zero-order valence-electron chi connectivity index (χ0n) is 22.2. The maximum atomic E-state index is 13.1. The summed E-state index contributed by atoms with van der Waals surface area (Å²) in [5.41, 5.74) is 10.4. The third-order valence-electron chi connectivity index (χ3n) is 8.23. The summed E-state index contributed by atoms with van der Waals surface area (Å²) in [7, 11) is 0. The minimum Gasteiger partial charge on any atom is -0.351 e. The molecule has 3 heterocycles. The molecule has 1 aliphatic carbocycles. The number of piperidine rings is 2. The van der Waals surface area contributed by atoms with Crippen LogP contribution in [-0.2, 0) is 17.6 Å². The van der Waals surface area contributed by atoms with Crippen LogP contribution in [0.25, 0.3) is 0 Å². The Morgan fingerprint density at radius 2 is 1.68 bits per heavy atom. The van der Waals surface area contributed by atoms with Gasteiger partial charge < -0.3 is 15.5 Å². The quantitative estimate of drug-likeness (QED) is 0.385. The second kappa shape index (κ2) is 13.1. The Morgan fingerprint density at radius 3 is 2.34 bits per heavy atom. The van der Waals surface area contributed by atoms with Crippen molar-refractivity contribution in [3.05, 3.63) is 60.7 Å². The van der Waals surface area contributed by atoms with Crippen molar-refractivity contribution in [1.29, 1.82) is 0 Å². The van der Waals surface area contributed by atoms with Gasteiger partial charge in [0.1, 0.15) is 0 Å². The number of carbonyl (C=O) groups is 2. The highest BCUT2D eigenvalue weighted by atomic mass is 79.9. The second-order valence-electron chi connectivity index (χ2n) is 10.3. The largest absolute Gasteiger partial charge is 0.351 e. The van der Waals surface area contributed by atoms with Crippen molar-refractivity contribution in [3.63, 3.8) is 0 Å². The van der Waals surface area contributed by atoms with Crippen molar-refractivity contribution in [2.45, 2.75) is 64.7 Å². The van der Waals surface area contributed by atoms with E-state index in [0.29, 0.717) is 31.3 Å². The highest BCUT2D eigenvalue weighted by molar-refractivity contribution is 9.10. The van der Waals surface area contributed by atoms with E-state index in [4.69, 9.17) is 22.3 Å². The number of hydrogen-bond donors (Lipinski definition) is 1. The van der Waals surface area contributed by atoms with E-state index in [9.17, 15) is 9.59 Å². The van der Waals surface area contributed by atoms with Gasteiger partial charge >= 0.3 is 6.03 Å². The summed E-state index contributed by atoms with van der Waals surface area (Å²) in [6, 6.07) is 6.02. The van der Waals surface area contributed by atoms with Gasteiger partial charge in [-0.3, -0.25) is 9.78 Å². The summed E-state index contributed by atoms with van der Waals surface area (Å²) in [6.07, 6.45) is 7.91. The number of nitrogens with two attached hydrogens (primary N) is 1. The molecule has 2 aromatic rings. The summed E-state index contributed by atoms with van der Waals surface area (Å²) in [4.78, 5) is 33.1. The number of fused-ring (bicyclic) bond motifs is 2. The zero-order valence-corrected chi connectivity index (χ0v) is 26.1. The molecule has 5 rings (SSSR count). The molecular weight excluding hydrogens is 632 g/mol. The summed E-state index contributed by atoms with van der Waals surface area (Å²) in [6.45, 7) is 6.85. The number of carbonyl (C=O) groups excluding carboxylic acids is 2. The Balaban J connectivity index is 0.00000164. The predicted octanol–water partition coefficient (Wildman–Crippen LogP) is 6.94. The van der Waals surface area contributed by atoms with E-state index in [1.54, 1.807) is 4.90 Å². The fourth-order valence-corrected chi connectivity index (χ4v) is 7.34. The number of aromatic nitrogens is 1. The number of urea groups is 1. The van der Waals surface area contributed by atoms with Gasteiger partial charge in [0.05, 0.1) is 10.7 Å². The van der Waals surface area contributed by atoms with Crippen molar-refractivity contribution in [3.8, 4) is 0 Å². The second-order valence-corrected chi connectivity index (χ2v) is 12.4. The van der Waals surface area contributed by atoms with Crippen molar-refractivity contribution < 1.29 is 9.59 Å². The van der Waals surface area contributed by atoms with Gasteiger partial charge in [0, 0.05) is 53.7 Å². The zero-order chi connectivity index (χ0) is 27.4. The van der Waals surface area contributed by atoms with Crippen LogP contribution in [0.3, 0.4) is 0 Å². The molecule has 0 bridgehead atoms. The Hall–Kier alpha value is -1.64. The van der Waals surface area contributed by atoms with Gasteiger partial charge in [0.15, 0.2) is 0 Å². The molecule has 2 saturated heterocycles. The summed E-state index contributed by atoms with van der Waals surface area (Å²) in [5.74, 6) is 1.17. The monoisotopic (exact) mass is 666 g/mol. The molecule has 0 saturated carbocycles. The first kappa shape index (κ1) is 29.3. The van der Waals surface area contributed by atoms with E-state index in [1.807, 2.05) is 31.0 Å². The lowest BCUT2D eigenvalue weighted by molar-refractivity contribution is -0.134. The first-order chi connectivity index (χ1) is 18.3. The molecule has 0 spiro atoms. The first-order valence-electron chi connectivity index (χ1n) is 13.7. The van der Waals surface area contributed by atoms with Crippen LogP contribution < -0.4 is 5.73 Å². The number of nitrogens with zero attached hydrogens (tertiary/aromatic N) is 3. The van der Waals surface area contributed by atoms with Crippen molar-refractivity contribution in [2.24, 2.45) is 17.6 Å². The molecule has 206 valence electrons. The number of benzene rings is 1. The van der Waals surface area contributed by atoms with Crippen LogP contribution in [0, 0.1) is 11.8 Å². The molecule has 0 radical (unpaired) electrons. The van der Waals surface area contributed by atoms with Crippen LogP contribution in [0.1, 0.15) is 74.3 Å². The number of likely N-dealkylation sites (tertiary alicyclic amines) is 2. The molecule has 3 amide bonds. The Morgan fingerprint density at radius 1 is 1.03 bits per heavy atom. The molecule has 2 fully saturated rings. The lowest BCUT2D eigenvalue weighted by Gasteiger charge is -2.38. The highest BCUT2D eigenvalue weighted by Gasteiger charge is 2.36. The maximum Gasteiger partial charge on any atom is 0.314 e. The predicted molar refractivity (Wildman–Crippen MR) is 159 cm³/mol. The molecule has 1 unspecified atom stereocenters. The fourth-order valence-electron chi connectivity index (χ4n) is 6.22. The molecule has 6 nitrogen and oxygen atoms in total. The lowest BCUT2D eigenvalue weighted by atomic mass is 9.76. The lowest BCUT2D eigenvalue weighted by Crippen LogP contribution is -2.44. The number of hydrogen-bond acceptors (Lipinski definition) is 3. The average Bonchev–Trinajstić information content (AvgIpc) is 3.09. The topological polar surface area (TPSA) is 79.5 Å². The Bertz CT molecular complexity index is 1160. The number of rotatable bonds is 3. The smallest absolute Gasteiger partial charge is 0.314 e. The first-order valence-corrected chi connectivity index (χ1v) is 15.7. The molecule has 3 aliphatic rings. The van der Waals surface area contributed by atoms with E-state index < -0.39 is 0 Å². The molecule has 1 aromatic carbocycles. The summed E-state index contributed by atoms with van der Waals surface area (Å²) >= 11 is 13.8. The van der Waals surface area contributed by atoms with Gasteiger partial charge in [-0.05, 0) is 111 Å². The van der Waals surface area contributed by atoms with Gasteiger partial charge in [-0.1, -0.05) is 31.5 Å². The molecule has 9 heteroatoms. The van der Waals surface area contributed by atoms with Crippen LogP contribution in [0.5, 0.6) is 0 Å². The number of pyridine rings is 1. The number of aryl methyl sites for hydroxylation is 1. The Kier molecular flexibility index (Phi) is 10.1. The minimum absolute atomic E-state index is 0.189. The van der Waals surface area contributed by atoms with Crippen molar-refractivity contribution in [1.82, 2.24) is 14.8 Å². The normalized spacial score (nSPS) is 20.1. The van der Waals surface area contributed by atoms with Crippen LogP contribution in [0.4, 0.5) is 4.79 Å². The van der Waals surface area contributed by atoms with Crippen LogP contribution in [0.2, 0.25) is 5.02 Å². The highest BCUT2D eigenvalue weighted by Crippen LogP contribution is 2.45. The molecule has 2 N–H and O–H groups in total. The van der Waals surface area contributed by atoms with Gasteiger partial charge in [-0.25, -0.2) is 4.79 Å². The standard InChI is InChI=1S/C27H31Br2ClN4O2.C2H6/c28-19-14-18-1-2-21-20(3-4-22(30)25(21)29)24(26(18)32-15-19)17-7-11-33(12-8-17)23(35)13-16-5-9-34(10-6-16)27(31)36;1-2/h3-4,14-17,24H,1-2,5-13H2,(H2,31,36);1-2H3. The third-order valence-corrected chi connectivity index (χ3v) is 10.1. The van der Waals surface area contributed by atoms with Gasteiger partial charge in [0.25, 0.3) is 0 Å². The van der Waals surface area contributed by atoms with Crippen LogP contribution in [-0.4, -0.2) is 52.9 Å². The molecular formula is C29H37Br2ClN4O2. The van der Waals surface area contributed by atoms with Gasteiger partial charge in [-0.2, -0.15) is 0 Å². The van der Waals surface area contributed by atoms with E-state index >= 15 is 0 Å². The number of primary amides is 1. The van der Waals surface area contributed by atoms with Gasteiger partial charge in [0.2, 0.25) is 5.91 Å². The van der Waals surface area contributed by atoms with E-state index in [0.717, 1.165) is 71.3 Å². The SMILES string of the molecule is CC.NC(=O)N1CCC(CC(=O)N2CCC(C3c4ccc(Cl)c(Br)c4CCc4cc(Br)cnc43)CC2)CC1. The van der Waals surface area contributed by atoms with E-state index in [2.05, 4.69) is 44.0 Å². The van der Waals surface area contributed by atoms with Crippen LogP contribution in [0.15, 0.2) is 33.3 Å². The number of amides is 3.